The molecule has 2 atom stereocenters. The molecule has 12 nitrogen and oxygen atoms in total. The summed E-state index contributed by atoms with van der Waals surface area (Å²) in [5.74, 6) is -0.999. The fourth-order valence-electron chi connectivity index (χ4n) is 5.31. The standard InChI is InChI=1S/C30H35N7O5/c38-24-11-8-21(9-12-24)10-13-28(40)35-15-16-37-26(20-35)29(41)31-18-23-19-36(34-33-23)14-4-7-27(39)32-25(30(37)42)17-22-5-2-1-3-6-22/h1-3,5-6,8-9,11-12,19,25-26,38H,4,7,10,13-18,20H2,(H,31,41)(H,32,39)/t25-,26+/m0/s1. The number of nitrogens with zero attached hydrogens (tertiary/aromatic N) is 5. The molecule has 220 valence electrons. The van der Waals surface area contributed by atoms with Crippen LogP contribution < -0.4 is 10.6 Å². The lowest BCUT2D eigenvalue weighted by atomic mass is 10.0. The van der Waals surface area contributed by atoms with Crippen LogP contribution in [-0.2, 0) is 45.1 Å². The largest absolute Gasteiger partial charge is 0.508 e. The van der Waals surface area contributed by atoms with Crippen LogP contribution in [0.3, 0.4) is 0 Å². The lowest BCUT2D eigenvalue weighted by molar-refractivity contribution is -0.150. The molecule has 12 heteroatoms. The molecule has 5 rings (SSSR count). The van der Waals surface area contributed by atoms with Gasteiger partial charge in [-0.05, 0) is 36.1 Å². The van der Waals surface area contributed by atoms with Gasteiger partial charge in [0.25, 0.3) is 0 Å². The van der Waals surface area contributed by atoms with Gasteiger partial charge in [-0.25, -0.2) is 0 Å². The number of hydrogen-bond acceptors (Lipinski definition) is 7. The second kappa shape index (κ2) is 13.3. The Morgan fingerprint density at radius 3 is 2.55 bits per heavy atom. The van der Waals surface area contributed by atoms with Gasteiger partial charge in [-0.3, -0.25) is 23.9 Å². The predicted molar refractivity (Wildman–Crippen MR) is 152 cm³/mol. The van der Waals surface area contributed by atoms with Gasteiger partial charge in [0.1, 0.15) is 23.5 Å². The summed E-state index contributed by atoms with van der Waals surface area (Å²) in [6, 6.07) is 14.3. The number of phenolic OH excluding ortho intramolecular Hbond substituents is 1. The molecule has 1 fully saturated rings. The zero-order valence-corrected chi connectivity index (χ0v) is 23.3. The lowest BCUT2D eigenvalue weighted by Gasteiger charge is -2.42. The first kappa shape index (κ1) is 28.8. The number of aromatic hydroxyl groups is 1. The summed E-state index contributed by atoms with van der Waals surface area (Å²) in [5.41, 5.74) is 2.35. The molecule has 0 unspecified atom stereocenters. The van der Waals surface area contributed by atoms with E-state index < -0.39 is 18.0 Å². The Labute approximate surface area is 243 Å². The van der Waals surface area contributed by atoms with Crippen LogP contribution in [0.1, 0.15) is 36.1 Å². The molecular weight excluding hydrogens is 538 g/mol. The third-order valence-corrected chi connectivity index (χ3v) is 7.62. The van der Waals surface area contributed by atoms with Crippen molar-refractivity contribution in [1.29, 1.82) is 0 Å². The Morgan fingerprint density at radius 1 is 0.976 bits per heavy atom. The first-order valence-electron chi connectivity index (χ1n) is 14.2. The zero-order chi connectivity index (χ0) is 29.5. The van der Waals surface area contributed by atoms with Crippen molar-refractivity contribution in [2.24, 2.45) is 0 Å². The van der Waals surface area contributed by atoms with E-state index in [2.05, 4.69) is 20.9 Å². The van der Waals surface area contributed by atoms with E-state index in [1.165, 1.54) is 4.90 Å². The molecular formula is C30H35N7O5. The van der Waals surface area contributed by atoms with Crippen molar-refractivity contribution < 1.29 is 24.3 Å². The van der Waals surface area contributed by atoms with Gasteiger partial charge in [0.2, 0.25) is 23.6 Å². The van der Waals surface area contributed by atoms with Crippen molar-refractivity contribution in [2.75, 3.05) is 19.6 Å². The molecule has 0 saturated carbocycles. The molecule has 42 heavy (non-hydrogen) atoms. The highest BCUT2D eigenvalue weighted by molar-refractivity contribution is 5.93. The summed E-state index contributed by atoms with van der Waals surface area (Å²) < 4.78 is 1.63. The van der Waals surface area contributed by atoms with Gasteiger partial charge < -0.3 is 25.5 Å². The Hall–Kier alpha value is -4.74. The Morgan fingerprint density at radius 2 is 1.76 bits per heavy atom. The highest BCUT2D eigenvalue weighted by Gasteiger charge is 2.39. The van der Waals surface area contributed by atoms with Crippen molar-refractivity contribution in [1.82, 2.24) is 35.4 Å². The van der Waals surface area contributed by atoms with Gasteiger partial charge >= 0.3 is 0 Å². The number of benzene rings is 2. The maximum Gasteiger partial charge on any atom is 0.246 e. The van der Waals surface area contributed by atoms with Gasteiger partial charge in [0, 0.05) is 38.9 Å². The molecule has 1 aromatic heterocycles. The summed E-state index contributed by atoms with van der Waals surface area (Å²) in [4.78, 5) is 56.8. The monoisotopic (exact) mass is 573 g/mol. The van der Waals surface area contributed by atoms with Crippen LogP contribution in [-0.4, -0.2) is 85.2 Å². The van der Waals surface area contributed by atoms with Gasteiger partial charge in [-0.15, -0.1) is 5.10 Å². The highest BCUT2D eigenvalue weighted by atomic mass is 16.3. The van der Waals surface area contributed by atoms with E-state index >= 15 is 0 Å². The minimum absolute atomic E-state index is 0.0324. The molecule has 1 saturated heterocycles. The van der Waals surface area contributed by atoms with Gasteiger partial charge in [0.05, 0.1) is 19.3 Å². The molecule has 2 bridgehead atoms. The Kier molecular flexibility index (Phi) is 9.10. The van der Waals surface area contributed by atoms with E-state index in [0.717, 1.165) is 11.1 Å². The molecule has 3 aromatic rings. The van der Waals surface area contributed by atoms with Crippen molar-refractivity contribution in [3.8, 4) is 5.75 Å². The summed E-state index contributed by atoms with van der Waals surface area (Å²) in [7, 11) is 0. The fraction of sp³-hybridized carbons (Fsp3) is 0.400. The molecule has 2 aliphatic rings. The number of aryl methyl sites for hydroxylation is 2. The van der Waals surface area contributed by atoms with E-state index in [1.54, 1.807) is 40.0 Å². The number of amides is 4. The number of nitrogens with one attached hydrogen (secondary N) is 2. The van der Waals surface area contributed by atoms with E-state index in [4.69, 9.17) is 0 Å². The quantitative estimate of drug-likeness (QED) is 0.409. The van der Waals surface area contributed by atoms with Crippen LogP contribution >= 0.6 is 0 Å². The smallest absolute Gasteiger partial charge is 0.246 e. The molecule has 0 spiro atoms. The molecule has 2 aliphatic heterocycles. The Balaban J connectivity index is 1.36. The first-order chi connectivity index (χ1) is 20.4. The summed E-state index contributed by atoms with van der Waals surface area (Å²) in [6.07, 6.45) is 3.42. The number of carbonyl (C=O) groups excluding carboxylic acids is 4. The molecule has 0 aliphatic carbocycles. The maximum atomic E-state index is 14.0. The SMILES string of the molecule is O=C1CCCn2cc(nn2)CNC(=O)[C@H]2CN(C(=O)CCc3ccc(O)cc3)CCN2C(=O)[C@H](Cc2ccccc2)N1. The Bertz CT molecular complexity index is 1410. The fourth-order valence-corrected chi connectivity index (χ4v) is 5.31. The van der Waals surface area contributed by atoms with Crippen LogP contribution in [0.15, 0.2) is 60.8 Å². The van der Waals surface area contributed by atoms with Crippen LogP contribution in [0.25, 0.3) is 0 Å². The van der Waals surface area contributed by atoms with Crippen molar-refractivity contribution in [3.63, 3.8) is 0 Å². The van der Waals surface area contributed by atoms with E-state index in [1.807, 2.05) is 30.3 Å². The lowest BCUT2D eigenvalue weighted by Crippen LogP contribution is -2.64. The summed E-state index contributed by atoms with van der Waals surface area (Å²) >= 11 is 0. The number of rotatable bonds is 5. The third-order valence-electron chi connectivity index (χ3n) is 7.62. The maximum absolute atomic E-state index is 14.0. The minimum atomic E-state index is -0.945. The molecule has 4 amide bonds. The second-order valence-electron chi connectivity index (χ2n) is 10.7. The molecule has 3 heterocycles. The van der Waals surface area contributed by atoms with Gasteiger partial charge in [-0.1, -0.05) is 47.7 Å². The molecule has 2 aromatic carbocycles. The average molecular weight is 574 g/mol. The van der Waals surface area contributed by atoms with Crippen LogP contribution in [0.2, 0.25) is 0 Å². The predicted octanol–water partition coefficient (Wildman–Crippen LogP) is 0.793. The van der Waals surface area contributed by atoms with Crippen molar-refractivity contribution >= 4 is 23.6 Å². The normalized spacial score (nSPS) is 20.1. The number of fused-ring (bicyclic) bond motifs is 3. The number of piperazine rings is 1. The zero-order valence-electron chi connectivity index (χ0n) is 23.3. The van der Waals surface area contributed by atoms with Crippen molar-refractivity contribution in [3.05, 3.63) is 77.6 Å². The number of aromatic nitrogens is 3. The summed E-state index contributed by atoms with van der Waals surface area (Å²) in [6.45, 7) is 1.05. The minimum Gasteiger partial charge on any atom is -0.508 e. The molecule has 3 N–H and O–H groups in total. The van der Waals surface area contributed by atoms with Gasteiger partial charge in [-0.2, -0.15) is 0 Å². The molecule has 0 radical (unpaired) electrons. The second-order valence-corrected chi connectivity index (χ2v) is 10.7. The van der Waals surface area contributed by atoms with Crippen LogP contribution in [0.5, 0.6) is 5.75 Å². The van der Waals surface area contributed by atoms with E-state index in [9.17, 15) is 24.3 Å². The first-order valence-corrected chi connectivity index (χ1v) is 14.2. The van der Waals surface area contributed by atoms with E-state index in [-0.39, 0.29) is 68.9 Å². The topological polar surface area (TPSA) is 150 Å². The number of carbonyl (C=O) groups is 4. The van der Waals surface area contributed by atoms with Crippen LogP contribution in [0.4, 0.5) is 0 Å². The average Bonchev–Trinajstić information content (AvgIpc) is 3.46. The third kappa shape index (κ3) is 7.31. The summed E-state index contributed by atoms with van der Waals surface area (Å²) in [5, 5.41) is 23.5. The number of phenols is 1. The van der Waals surface area contributed by atoms with Crippen molar-refractivity contribution in [2.45, 2.75) is 57.3 Å². The van der Waals surface area contributed by atoms with Gasteiger partial charge in [0.15, 0.2) is 0 Å². The van der Waals surface area contributed by atoms with E-state index in [0.29, 0.717) is 25.1 Å². The van der Waals surface area contributed by atoms with Crippen LogP contribution in [0, 0.1) is 0 Å². The number of hydrogen-bond donors (Lipinski definition) is 3. The highest BCUT2D eigenvalue weighted by Crippen LogP contribution is 2.18.